The van der Waals surface area contributed by atoms with Crippen molar-refractivity contribution in [1.29, 1.82) is 0 Å². The van der Waals surface area contributed by atoms with Gasteiger partial charge in [0.2, 0.25) is 5.43 Å². The van der Waals surface area contributed by atoms with Crippen LogP contribution in [0.25, 0.3) is 0 Å². The Hall–Kier alpha value is -3.20. The van der Waals surface area contributed by atoms with Crippen LogP contribution in [0.5, 0.6) is 5.75 Å². The molecule has 1 fully saturated rings. The first-order chi connectivity index (χ1) is 15.3. The minimum absolute atomic E-state index is 0.0152. The van der Waals surface area contributed by atoms with Crippen molar-refractivity contribution in [2.45, 2.75) is 44.9 Å². The third-order valence-electron chi connectivity index (χ3n) is 6.22. The van der Waals surface area contributed by atoms with Gasteiger partial charge in [-0.25, -0.2) is 4.39 Å². The van der Waals surface area contributed by atoms with Gasteiger partial charge < -0.3 is 25.0 Å². The van der Waals surface area contributed by atoms with Crippen LogP contribution in [0.1, 0.15) is 64.7 Å². The molecule has 2 heterocycles. The Morgan fingerprint density at radius 2 is 1.81 bits per heavy atom. The number of aromatic hydroxyl groups is 1. The molecule has 1 aromatic carbocycles. The summed E-state index contributed by atoms with van der Waals surface area (Å²) < 4.78 is 14.1. The summed E-state index contributed by atoms with van der Waals surface area (Å²) in [5.41, 5.74) is -1.05. The van der Waals surface area contributed by atoms with Crippen LogP contribution in [-0.4, -0.2) is 44.6 Å². The number of rotatable bonds is 5. The van der Waals surface area contributed by atoms with E-state index in [9.17, 15) is 29.0 Å². The summed E-state index contributed by atoms with van der Waals surface area (Å²) >= 11 is 0. The van der Waals surface area contributed by atoms with Crippen molar-refractivity contribution in [3.63, 3.8) is 0 Å². The molecule has 4 rings (SSSR count). The molecule has 32 heavy (non-hydrogen) atoms. The Kier molecular flexibility index (Phi) is 6.27. The summed E-state index contributed by atoms with van der Waals surface area (Å²) in [6, 6.07) is 5.50. The van der Waals surface area contributed by atoms with Gasteiger partial charge in [-0.15, -0.1) is 0 Å². The first kappa shape index (κ1) is 22.0. The second-order valence-corrected chi connectivity index (χ2v) is 8.48. The van der Waals surface area contributed by atoms with Gasteiger partial charge in [0.1, 0.15) is 17.6 Å². The second-order valence-electron chi connectivity index (χ2n) is 8.48. The molecule has 9 heteroatoms. The molecule has 1 unspecified atom stereocenters. The smallest absolute Gasteiger partial charge is 0.274 e. The Bertz CT molecular complexity index is 1080. The molecule has 0 radical (unpaired) electrons. The number of hydrogen-bond acceptors (Lipinski definition) is 5. The molecule has 1 aliphatic heterocycles. The number of nitrogens with zero attached hydrogens (tertiary/aromatic N) is 2. The molecule has 2 amide bonds. The van der Waals surface area contributed by atoms with Gasteiger partial charge in [-0.1, -0.05) is 31.4 Å². The molecule has 8 nitrogen and oxygen atoms in total. The summed E-state index contributed by atoms with van der Waals surface area (Å²) in [5, 5.41) is 23.6. The Labute approximate surface area is 184 Å². The van der Waals surface area contributed by atoms with Gasteiger partial charge in [0.25, 0.3) is 11.8 Å². The number of aromatic nitrogens is 1. The van der Waals surface area contributed by atoms with Crippen LogP contribution in [-0.2, 0) is 6.54 Å². The zero-order valence-corrected chi connectivity index (χ0v) is 17.6. The van der Waals surface area contributed by atoms with Crippen LogP contribution in [0.4, 0.5) is 4.39 Å². The number of hydrogen-bond donors (Lipinski definition) is 3. The standard InChI is InChI=1S/C23H26FN3O5/c24-16-8-6-14(7-9-16)10-25-22(31)17-12-27-18(28)13-26(11-15-4-2-1-3-5-15)23(32)19(27)21(30)20(17)29/h6-9,12,15,18,28,30H,1-5,10-11,13H2,(H,25,31). The molecule has 0 bridgehead atoms. The normalized spacial score (nSPS) is 19.0. The average molecular weight is 443 g/mol. The lowest BCUT2D eigenvalue weighted by atomic mass is 9.88. The number of halogens is 1. The monoisotopic (exact) mass is 443 g/mol. The highest BCUT2D eigenvalue weighted by Gasteiger charge is 2.35. The van der Waals surface area contributed by atoms with Crippen molar-refractivity contribution in [2.75, 3.05) is 13.1 Å². The molecule has 1 aliphatic carbocycles. The largest absolute Gasteiger partial charge is 0.503 e. The molecule has 3 N–H and O–H groups in total. The van der Waals surface area contributed by atoms with Gasteiger partial charge in [-0.2, -0.15) is 0 Å². The molecule has 2 aromatic rings. The van der Waals surface area contributed by atoms with E-state index in [1.165, 1.54) is 35.6 Å². The molecule has 170 valence electrons. The summed E-state index contributed by atoms with van der Waals surface area (Å²) in [6.45, 7) is 0.516. The summed E-state index contributed by atoms with van der Waals surface area (Å²) in [5.74, 6) is -2.23. The second kappa shape index (κ2) is 9.12. The Morgan fingerprint density at radius 3 is 2.50 bits per heavy atom. The van der Waals surface area contributed by atoms with Gasteiger partial charge in [-0.05, 0) is 36.5 Å². The third-order valence-corrected chi connectivity index (χ3v) is 6.22. The van der Waals surface area contributed by atoms with Crippen molar-refractivity contribution >= 4 is 11.8 Å². The van der Waals surface area contributed by atoms with Crippen LogP contribution in [0.3, 0.4) is 0 Å². The van der Waals surface area contributed by atoms with E-state index < -0.39 is 35.0 Å². The number of fused-ring (bicyclic) bond motifs is 1. The van der Waals surface area contributed by atoms with Gasteiger partial charge in [0.05, 0.1) is 6.54 Å². The number of carbonyl (C=O) groups is 2. The number of amides is 2. The van der Waals surface area contributed by atoms with Crippen LogP contribution in [0, 0.1) is 11.7 Å². The van der Waals surface area contributed by atoms with Crippen LogP contribution < -0.4 is 10.7 Å². The highest BCUT2D eigenvalue weighted by molar-refractivity contribution is 5.99. The lowest BCUT2D eigenvalue weighted by molar-refractivity contribution is 0.0187. The number of aliphatic hydroxyl groups is 1. The fraction of sp³-hybridized carbons (Fsp3) is 0.435. The lowest BCUT2D eigenvalue weighted by Gasteiger charge is -2.36. The molecule has 1 atom stereocenters. The zero-order valence-electron chi connectivity index (χ0n) is 17.6. The summed E-state index contributed by atoms with van der Waals surface area (Å²) in [4.78, 5) is 39.7. The maximum atomic E-state index is 13.0. The predicted octanol–water partition coefficient (Wildman–Crippen LogP) is 2.15. The number of carbonyl (C=O) groups excluding carboxylic acids is 2. The SMILES string of the molecule is O=C(NCc1ccc(F)cc1)c1cn2c(c(O)c1=O)C(=O)N(CC1CCCCC1)CC2O. The molecular formula is C23H26FN3O5. The quantitative estimate of drug-likeness (QED) is 0.656. The van der Waals surface area contributed by atoms with Crippen molar-refractivity contribution in [2.24, 2.45) is 5.92 Å². The lowest BCUT2D eigenvalue weighted by Crippen LogP contribution is -2.47. The van der Waals surface area contributed by atoms with E-state index in [-0.39, 0.29) is 24.3 Å². The van der Waals surface area contributed by atoms with E-state index in [4.69, 9.17) is 0 Å². The van der Waals surface area contributed by atoms with Crippen LogP contribution >= 0.6 is 0 Å². The fourth-order valence-electron chi connectivity index (χ4n) is 4.46. The highest BCUT2D eigenvalue weighted by Crippen LogP contribution is 2.29. The van der Waals surface area contributed by atoms with Crippen molar-refractivity contribution in [3.05, 3.63) is 63.3 Å². The van der Waals surface area contributed by atoms with Gasteiger partial charge in [0.15, 0.2) is 11.4 Å². The van der Waals surface area contributed by atoms with E-state index >= 15 is 0 Å². The maximum absolute atomic E-state index is 13.0. The Balaban J connectivity index is 1.55. The minimum atomic E-state index is -1.19. The average Bonchev–Trinajstić information content (AvgIpc) is 2.79. The summed E-state index contributed by atoms with van der Waals surface area (Å²) in [6.07, 6.45) is 5.31. The maximum Gasteiger partial charge on any atom is 0.274 e. The van der Waals surface area contributed by atoms with E-state index in [0.29, 0.717) is 18.0 Å². The van der Waals surface area contributed by atoms with E-state index in [1.54, 1.807) is 0 Å². The van der Waals surface area contributed by atoms with Crippen molar-refractivity contribution < 1.29 is 24.2 Å². The van der Waals surface area contributed by atoms with E-state index in [2.05, 4.69) is 5.32 Å². The van der Waals surface area contributed by atoms with Crippen LogP contribution in [0.15, 0.2) is 35.3 Å². The molecular weight excluding hydrogens is 417 g/mol. The molecule has 0 spiro atoms. The van der Waals surface area contributed by atoms with E-state index in [1.807, 2.05) is 0 Å². The number of nitrogens with one attached hydrogen (secondary N) is 1. The van der Waals surface area contributed by atoms with Crippen LogP contribution in [0.2, 0.25) is 0 Å². The number of β-amino-alcohol motifs (C(OH)–C–C–N with tert-alkyl or cyclic N) is 1. The summed E-state index contributed by atoms with van der Waals surface area (Å²) in [7, 11) is 0. The van der Waals surface area contributed by atoms with E-state index in [0.717, 1.165) is 36.4 Å². The first-order valence-electron chi connectivity index (χ1n) is 10.8. The number of aliphatic hydroxyl groups excluding tert-OH is 1. The van der Waals surface area contributed by atoms with Crippen molar-refractivity contribution in [1.82, 2.24) is 14.8 Å². The Morgan fingerprint density at radius 1 is 1.12 bits per heavy atom. The fourth-order valence-corrected chi connectivity index (χ4v) is 4.46. The minimum Gasteiger partial charge on any atom is -0.503 e. The van der Waals surface area contributed by atoms with Gasteiger partial charge in [0, 0.05) is 19.3 Å². The zero-order chi connectivity index (χ0) is 22.8. The van der Waals surface area contributed by atoms with Crippen molar-refractivity contribution in [3.8, 4) is 5.75 Å². The first-order valence-corrected chi connectivity index (χ1v) is 10.8. The topological polar surface area (TPSA) is 112 Å². The predicted molar refractivity (Wildman–Crippen MR) is 114 cm³/mol. The van der Waals surface area contributed by atoms with Gasteiger partial charge >= 0.3 is 0 Å². The molecule has 2 aliphatic rings. The number of pyridine rings is 1. The number of benzene rings is 1. The van der Waals surface area contributed by atoms with Gasteiger partial charge in [-0.3, -0.25) is 14.4 Å². The highest BCUT2D eigenvalue weighted by atomic mass is 19.1. The third kappa shape index (κ3) is 4.38. The molecule has 1 aromatic heterocycles. The molecule has 0 saturated heterocycles. The molecule has 1 saturated carbocycles.